The standard InChI is InChI=1S/C30H32F3N3O2/c1-20-26(9-6-14-34-20)35-27(37)22-10-11-25-23(15-22)18-36(2)19-24-17-29(38,30(31,32)33)13-12-28(24,25)16-21-7-4-3-5-8-21/h3-11,14-15,24,38H,12-13,16-19H2,1-2H3,(H,35,37). The Morgan fingerprint density at radius 3 is 2.61 bits per heavy atom. The zero-order valence-corrected chi connectivity index (χ0v) is 21.6. The van der Waals surface area contributed by atoms with E-state index in [0.29, 0.717) is 36.5 Å². The number of anilines is 1. The van der Waals surface area contributed by atoms with Gasteiger partial charge in [-0.2, -0.15) is 13.2 Å². The van der Waals surface area contributed by atoms with Crippen molar-refractivity contribution in [1.29, 1.82) is 0 Å². The number of rotatable bonds is 4. The lowest BCUT2D eigenvalue weighted by Gasteiger charge is -2.50. The molecule has 1 aromatic heterocycles. The van der Waals surface area contributed by atoms with Crippen molar-refractivity contribution < 1.29 is 23.1 Å². The van der Waals surface area contributed by atoms with Crippen molar-refractivity contribution in [3.63, 3.8) is 0 Å². The minimum Gasteiger partial charge on any atom is -0.380 e. The summed E-state index contributed by atoms with van der Waals surface area (Å²) in [7, 11) is 1.88. The largest absolute Gasteiger partial charge is 0.417 e. The summed E-state index contributed by atoms with van der Waals surface area (Å²) in [6.45, 7) is 2.73. The van der Waals surface area contributed by atoms with E-state index in [0.717, 1.165) is 16.7 Å². The highest BCUT2D eigenvalue weighted by atomic mass is 19.4. The minimum atomic E-state index is -4.69. The van der Waals surface area contributed by atoms with E-state index in [-0.39, 0.29) is 25.2 Å². The van der Waals surface area contributed by atoms with Crippen molar-refractivity contribution in [2.24, 2.45) is 5.92 Å². The molecule has 2 aromatic carbocycles. The Morgan fingerprint density at radius 1 is 1.13 bits per heavy atom. The summed E-state index contributed by atoms with van der Waals surface area (Å²) in [5.41, 5.74) is 1.45. The number of hydrogen-bond acceptors (Lipinski definition) is 4. The van der Waals surface area contributed by atoms with Crippen LogP contribution in [0.25, 0.3) is 0 Å². The number of hydrogen-bond donors (Lipinski definition) is 2. The van der Waals surface area contributed by atoms with Gasteiger partial charge in [0.1, 0.15) is 0 Å². The molecule has 5 nitrogen and oxygen atoms in total. The summed E-state index contributed by atoms with van der Waals surface area (Å²) in [5, 5.41) is 13.7. The van der Waals surface area contributed by atoms with Crippen LogP contribution in [0.2, 0.25) is 0 Å². The lowest BCUT2D eigenvalue weighted by Crippen LogP contribution is -2.57. The number of nitrogens with zero attached hydrogens (tertiary/aromatic N) is 2. The fourth-order valence-electron chi connectivity index (χ4n) is 6.37. The van der Waals surface area contributed by atoms with Crippen molar-refractivity contribution in [1.82, 2.24) is 9.88 Å². The maximum Gasteiger partial charge on any atom is 0.417 e. The van der Waals surface area contributed by atoms with Gasteiger partial charge in [-0.05, 0) is 86.5 Å². The van der Waals surface area contributed by atoms with Gasteiger partial charge in [0.15, 0.2) is 5.60 Å². The molecule has 1 aliphatic heterocycles. The van der Waals surface area contributed by atoms with Gasteiger partial charge in [0, 0.05) is 30.3 Å². The molecule has 1 aliphatic carbocycles. The number of halogens is 3. The van der Waals surface area contributed by atoms with Gasteiger partial charge in [0.2, 0.25) is 0 Å². The highest BCUT2D eigenvalue weighted by Crippen LogP contribution is 2.55. The van der Waals surface area contributed by atoms with Crippen LogP contribution in [0, 0.1) is 12.8 Å². The molecule has 1 fully saturated rings. The summed E-state index contributed by atoms with van der Waals surface area (Å²) in [6, 6.07) is 18.9. The maximum absolute atomic E-state index is 14.0. The van der Waals surface area contributed by atoms with Crippen LogP contribution in [0.5, 0.6) is 0 Å². The van der Waals surface area contributed by atoms with E-state index in [4.69, 9.17) is 0 Å². The fraction of sp³-hybridized carbons (Fsp3) is 0.400. The number of benzene rings is 2. The van der Waals surface area contributed by atoms with Crippen LogP contribution < -0.4 is 5.32 Å². The highest BCUT2D eigenvalue weighted by Gasteiger charge is 2.61. The van der Waals surface area contributed by atoms with Gasteiger partial charge in [-0.3, -0.25) is 9.78 Å². The second-order valence-electron chi connectivity index (χ2n) is 10.9. The first-order valence-corrected chi connectivity index (χ1v) is 12.9. The van der Waals surface area contributed by atoms with Crippen molar-refractivity contribution in [3.05, 3.63) is 94.8 Å². The van der Waals surface area contributed by atoms with Crippen molar-refractivity contribution in [2.45, 2.75) is 56.3 Å². The highest BCUT2D eigenvalue weighted by molar-refractivity contribution is 6.04. The van der Waals surface area contributed by atoms with Crippen LogP contribution in [0.15, 0.2) is 66.9 Å². The maximum atomic E-state index is 14.0. The smallest absolute Gasteiger partial charge is 0.380 e. The lowest BCUT2D eigenvalue weighted by atomic mass is 9.56. The molecule has 1 amide bonds. The lowest BCUT2D eigenvalue weighted by molar-refractivity contribution is -0.279. The predicted octanol–water partition coefficient (Wildman–Crippen LogP) is 5.66. The number of fused-ring (bicyclic) bond motifs is 3. The molecular weight excluding hydrogens is 491 g/mol. The number of carbonyl (C=O) groups excluding carboxylic acids is 1. The topological polar surface area (TPSA) is 65.5 Å². The summed E-state index contributed by atoms with van der Waals surface area (Å²) in [5.74, 6) is -0.688. The Kier molecular flexibility index (Phi) is 6.82. The molecule has 0 bridgehead atoms. The second kappa shape index (κ2) is 9.82. The molecule has 5 rings (SSSR count). The normalized spacial score (nSPS) is 25.7. The van der Waals surface area contributed by atoms with E-state index in [2.05, 4.69) is 10.3 Å². The van der Waals surface area contributed by atoms with Gasteiger partial charge < -0.3 is 15.3 Å². The SMILES string of the molecule is Cc1ncccc1NC(=O)c1ccc2c(c1)CN(C)CC1CC(O)(C(F)(F)F)CCC21Cc1ccccc1. The van der Waals surface area contributed by atoms with Gasteiger partial charge in [-0.1, -0.05) is 36.4 Å². The number of nitrogens with one attached hydrogen (secondary N) is 1. The number of amides is 1. The molecule has 8 heteroatoms. The van der Waals surface area contributed by atoms with E-state index < -0.39 is 23.1 Å². The monoisotopic (exact) mass is 523 g/mol. The molecule has 2 heterocycles. The zero-order chi connectivity index (χ0) is 27.1. The molecule has 2 N–H and O–H groups in total. The van der Waals surface area contributed by atoms with Crippen LogP contribution in [-0.4, -0.2) is 46.3 Å². The van der Waals surface area contributed by atoms with Crippen LogP contribution in [0.4, 0.5) is 18.9 Å². The van der Waals surface area contributed by atoms with Gasteiger partial charge in [-0.15, -0.1) is 0 Å². The quantitative estimate of drug-likeness (QED) is 0.463. The first kappa shape index (κ1) is 26.4. The third-order valence-electron chi connectivity index (χ3n) is 8.37. The molecule has 38 heavy (non-hydrogen) atoms. The first-order chi connectivity index (χ1) is 18.0. The zero-order valence-electron chi connectivity index (χ0n) is 21.6. The molecule has 1 saturated carbocycles. The molecule has 2 aliphatic rings. The average molecular weight is 524 g/mol. The molecule has 0 radical (unpaired) electrons. The van der Waals surface area contributed by atoms with E-state index in [1.165, 1.54) is 0 Å². The van der Waals surface area contributed by atoms with Crippen molar-refractivity contribution in [2.75, 3.05) is 18.9 Å². The van der Waals surface area contributed by atoms with E-state index in [1.807, 2.05) is 61.3 Å². The van der Waals surface area contributed by atoms with E-state index >= 15 is 0 Å². The van der Waals surface area contributed by atoms with Crippen molar-refractivity contribution in [3.8, 4) is 0 Å². The fourth-order valence-corrected chi connectivity index (χ4v) is 6.37. The molecular formula is C30H32F3N3O2. The number of aliphatic hydroxyl groups is 1. The number of pyridine rings is 1. The number of aryl methyl sites for hydroxylation is 1. The Hall–Kier alpha value is -3.23. The Balaban J connectivity index is 1.57. The summed E-state index contributed by atoms with van der Waals surface area (Å²) in [6.07, 6.45) is -2.97. The Labute approximate surface area is 220 Å². The van der Waals surface area contributed by atoms with Crippen LogP contribution >= 0.6 is 0 Å². The van der Waals surface area contributed by atoms with Gasteiger partial charge in [0.05, 0.1) is 11.4 Å². The number of carbonyl (C=O) groups is 1. The summed E-state index contributed by atoms with van der Waals surface area (Å²) in [4.78, 5) is 19.4. The summed E-state index contributed by atoms with van der Waals surface area (Å²) >= 11 is 0. The molecule has 3 unspecified atom stereocenters. The van der Waals surface area contributed by atoms with Gasteiger partial charge in [0.25, 0.3) is 5.91 Å². The molecule has 3 aromatic rings. The van der Waals surface area contributed by atoms with Gasteiger partial charge >= 0.3 is 6.18 Å². The number of aromatic nitrogens is 1. The van der Waals surface area contributed by atoms with E-state index in [9.17, 15) is 23.1 Å². The minimum absolute atomic E-state index is 0.198. The molecule has 200 valence electrons. The van der Waals surface area contributed by atoms with Crippen LogP contribution in [-0.2, 0) is 18.4 Å². The average Bonchev–Trinajstić information content (AvgIpc) is 2.98. The molecule has 0 spiro atoms. The van der Waals surface area contributed by atoms with E-state index in [1.54, 1.807) is 24.4 Å². The van der Waals surface area contributed by atoms with Crippen molar-refractivity contribution >= 4 is 11.6 Å². The second-order valence-corrected chi connectivity index (χ2v) is 10.9. The third kappa shape index (κ3) is 4.83. The molecule has 3 atom stereocenters. The van der Waals surface area contributed by atoms with Crippen LogP contribution in [0.3, 0.4) is 0 Å². The van der Waals surface area contributed by atoms with Gasteiger partial charge in [-0.25, -0.2) is 0 Å². The van der Waals surface area contributed by atoms with Crippen LogP contribution in [0.1, 0.15) is 52.0 Å². The summed E-state index contributed by atoms with van der Waals surface area (Å²) < 4.78 is 41.9. The third-order valence-corrected chi connectivity index (χ3v) is 8.37. The molecule has 0 saturated heterocycles. The number of alkyl halides is 3. The first-order valence-electron chi connectivity index (χ1n) is 12.9. The Bertz CT molecular complexity index is 1330. The predicted molar refractivity (Wildman–Crippen MR) is 140 cm³/mol. The Morgan fingerprint density at radius 2 is 1.89 bits per heavy atom.